The quantitative estimate of drug-likeness (QED) is 0.483. The van der Waals surface area contributed by atoms with Gasteiger partial charge in [0.25, 0.3) is 5.91 Å². The van der Waals surface area contributed by atoms with Crippen LogP contribution in [-0.4, -0.2) is 39.4 Å². The van der Waals surface area contributed by atoms with Crippen molar-refractivity contribution >= 4 is 51.0 Å². The number of benzene rings is 2. The Morgan fingerprint density at radius 3 is 2.45 bits per heavy atom. The molecule has 29 heavy (non-hydrogen) atoms. The minimum Gasteiger partial charge on any atom is -0.491 e. The van der Waals surface area contributed by atoms with Crippen LogP contribution in [0.1, 0.15) is 19.4 Å². The van der Waals surface area contributed by atoms with Crippen LogP contribution in [0.2, 0.25) is 10.0 Å². The van der Waals surface area contributed by atoms with E-state index in [-0.39, 0.29) is 21.8 Å². The van der Waals surface area contributed by atoms with Gasteiger partial charge in [-0.3, -0.25) is 9.10 Å². The minimum atomic E-state index is -3.78. The number of nitrogens with zero attached hydrogens (tertiary/aromatic N) is 2. The fourth-order valence-corrected chi connectivity index (χ4v) is 3.62. The van der Waals surface area contributed by atoms with E-state index in [2.05, 4.69) is 10.5 Å². The van der Waals surface area contributed by atoms with Crippen molar-refractivity contribution < 1.29 is 17.9 Å². The van der Waals surface area contributed by atoms with Crippen LogP contribution in [0, 0.1) is 0 Å². The molecule has 0 atom stereocenters. The number of carbonyl (C=O) groups is 1. The highest BCUT2D eigenvalue weighted by Gasteiger charge is 2.23. The summed E-state index contributed by atoms with van der Waals surface area (Å²) in [5.41, 5.74) is 3.15. The molecule has 0 spiro atoms. The highest BCUT2D eigenvalue weighted by atomic mass is 35.5. The van der Waals surface area contributed by atoms with Gasteiger partial charge in [0.05, 0.1) is 34.3 Å². The molecule has 156 valence electrons. The summed E-state index contributed by atoms with van der Waals surface area (Å²) in [6.07, 6.45) is 2.48. The summed E-state index contributed by atoms with van der Waals surface area (Å²) in [5.74, 6) is 0.0888. The van der Waals surface area contributed by atoms with Crippen LogP contribution in [0.15, 0.2) is 47.6 Å². The van der Waals surface area contributed by atoms with Crippen molar-refractivity contribution in [2.75, 3.05) is 17.1 Å². The van der Waals surface area contributed by atoms with Crippen molar-refractivity contribution in [3.63, 3.8) is 0 Å². The SMILES string of the molecule is CC(C)Oc1ccc(/C=N\NC(=O)CN(c2cccc(Cl)c2Cl)S(C)(=O)=O)cc1. The lowest BCUT2D eigenvalue weighted by atomic mass is 10.2. The predicted molar refractivity (Wildman–Crippen MR) is 117 cm³/mol. The minimum absolute atomic E-state index is 0.0413. The molecule has 2 aromatic carbocycles. The molecule has 2 aromatic rings. The van der Waals surface area contributed by atoms with Crippen LogP contribution in [0.4, 0.5) is 5.69 Å². The van der Waals surface area contributed by atoms with E-state index in [1.807, 2.05) is 13.8 Å². The third-order valence-corrected chi connectivity index (χ3v) is 5.48. The van der Waals surface area contributed by atoms with E-state index in [0.717, 1.165) is 21.9 Å². The van der Waals surface area contributed by atoms with E-state index in [4.69, 9.17) is 27.9 Å². The van der Waals surface area contributed by atoms with E-state index >= 15 is 0 Å². The number of sulfonamides is 1. The number of anilines is 1. The number of halogens is 2. The second-order valence-electron chi connectivity index (χ2n) is 6.37. The van der Waals surface area contributed by atoms with Gasteiger partial charge >= 0.3 is 0 Å². The maximum atomic E-state index is 12.2. The second kappa shape index (κ2) is 9.96. The Balaban J connectivity index is 2.05. The number of ether oxygens (including phenoxy) is 1. The van der Waals surface area contributed by atoms with Gasteiger partial charge < -0.3 is 4.74 Å². The lowest BCUT2D eigenvalue weighted by molar-refractivity contribution is -0.119. The predicted octanol–water partition coefficient (Wildman–Crippen LogP) is 3.70. The number of hydrogen-bond acceptors (Lipinski definition) is 5. The summed E-state index contributed by atoms with van der Waals surface area (Å²) in [6, 6.07) is 11.7. The zero-order valence-corrected chi connectivity index (χ0v) is 18.4. The third kappa shape index (κ3) is 6.92. The van der Waals surface area contributed by atoms with E-state index in [1.165, 1.54) is 18.3 Å². The molecule has 0 saturated carbocycles. The lowest BCUT2D eigenvalue weighted by Crippen LogP contribution is -2.39. The summed E-state index contributed by atoms with van der Waals surface area (Å²) in [6.45, 7) is 3.36. The molecule has 0 bridgehead atoms. The maximum absolute atomic E-state index is 12.2. The molecule has 2 rings (SSSR count). The number of nitrogens with one attached hydrogen (secondary N) is 1. The van der Waals surface area contributed by atoms with Gasteiger partial charge in [-0.15, -0.1) is 0 Å². The van der Waals surface area contributed by atoms with E-state index in [1.54, 1.807) is 30.3 Å². The van der Waals surface area contributed by atoms with Gasteiger partial charge in [-0.05, 0) is 55.8 Å². The Kier molecular flexibility index (Phi) is 7.89. The number of rotatable bonds is 8. The highest BCUT2D eigenvalue weighted by Crippen LogP contribution is 2.33. The average molecular weight is 458 g/mol. The molecular formula is C19H21Cl2N3O4S. The van der Waals surface area contributed by atoms with Gasteiger partial charge in [0.15, 0.2) is 0 Å². The van der Waals surface area contributed by atoms with Gasteiger partial charge in [-0.2, -0.15) is 5.10 Å². The van der Waals surface area contributed by atoms with Crippen molar-refractivity contribution in [1.82, 2.24) is 5.43 Å². The monoisotopic (exact) mass is 457 g/mol. The molecule has 0 radical (unpaired) electrons. The molecule has 1 amide bonds. The van der Waals surface area contributed by atoms with Gasteiger partial charge in [-0.1, -0.05) is 29.3 Å². The van der Waals surface area contributed by atoms with Crippen LogP contribution in [0.25, 0.3) is 0 Å². The Labute approximate surface area is 180 Å². The Morgan fingerprint density at radius 2 is 1.86 bits per heavy atom. The Hall–Kier alpha value is -2.29. The summed E-state index contributed by atoms with van der Waals surface area (Å²) in [5, 5.41) is 4.08. The van der Waals surface area contributed by atoms with Crippen molar-refractivity contribution in [3.05, 3.63) is 58.1 Å². The van der Waals surface area contributed by atoms with Crippen molar-refractivity contribution in [1.29, 1.82) is 0 Å². The molecule has 7 nitrogen and oxygen atoms in total. The molecule has 0 aromatic heterocycles. The van der Waals surface area contributed by atoms with E-state index < -0.39 is 22.5 Å². The highest BCUT2D eigenvalue weighted by molar-refractivity contribution is 7.92. The van der Waals surface area contributed by atoms with Crippen molar-refractivity contribution in [2.24, 2.45) is 5.10 Å². The van der Waals surface area contributed by atoms with Crippen molar-refractivity contribution in [3.8, 4) is 5.75 Å². The first-order valence-corrected chi connectivity index (χ1v) is 11.2. The van der Waals surface area contributed by atoms with E-state index in [0.29, 0.717) is 0 Å². The molecule has 0 fully saturated rings. The van der Waals surface area contributed by atoms with Crippen molar-refractivity contribution in [2.45, 2.75) is 20.0 Å². The van der Waals surface area contributed by atoms with Crippen LogP contribution < -0.4 is 14.5 Å². The van der Waals surface area contributed by atoms with Crippen LogP contribution in [-0.2, 0) is 14.8 Å². The summed E-state index contributed by atoms with van der Waals surface area (Å²) in [7, 11) is -3.78. The molecule has 0 saturated heterocycles. The number of amides is 1. The first-order chi connectivity index (χ1) is 13.6. The van der Waals surface area contributed by atoms with Crippen LogP contribution in [0.5, 0.6) is 5.75 Å². The molecule has 0 aliphatic rings. The first kappa shape index (κ1) is 23.0. The molecule has 10 heteroatoms. The normalized spacial score (nSPS) is 11.7. The average Bonchev–Trinajstić information content (AvgIpc) is 2.62. The molecule has 0 aliphatic carbocycles. The number of hydrazone groups is 1. The fraction of sp³-hybridized carbons (Fsp3) is 0.263. The molecule has 0 aliphatic heterocycles. The molecule has 0 unspecified atom stereocenters. The number of carbonyl (C=O) groups excluding carboxylic acids is 1. The van der Waals surface area contributed by atoms with Gasteiger partial charge in [-0.25, -0.2) is 13.8 Å². The van der Waals surface area contributed by atoms with Gasteiger partial charge in [0.2, 0.25) is 10.0 Å². The number of hydrogen-bond donors (Lipinski definition) is 1. The zero-order chi connectivity index (χ0) is 21.6. The molecular weight excluding hydrogens is 437 g/mol. The Morgan fingerprint density at radius 1 is 1.21 bits per heavy atom. The molecule has 1 N–H and O–H groups in total. The van der Waals surface area contributed by atoms with Gasteiger partial charge in [0.1, 0.15) is 12.3 Å². The summed E-state index contributed by atoms with van der Waals surface area (Å²) >= 11 is 12.0. The smallest absolute Gasteiger partial charge is 0.260 e. The zero-order valence-electron chi connectivity index (χ0n) is 16.1. The topological polar surface area (TPSA) is 88.1 Å². The standard InChI is InChI=1S/C19H21Cl2N3O4S/c1-13(2)28-15-9-7-14(8-10-15)11-22-23-18(25)12-24(29(3,26)27)17-6-4-5-16(20)19(17)21/h4-11,13H,12H2,1-3H3,(H,23,25)/b22-11-. The van der Waals surface area contributed by atoms with E-state index in [9.17, 15) is 13.2 Å². The second-order valence-corrected chi connectivity index (χ2v) is 9.06. The third-order valence-electron chi connectivity index (χ3n) is 3.54. The molecule has 0 heterocycles. The largest absolute Gasteiger partial charge is 0.491 e. The maximum Gasteiger partial charge on any atom is 0.260 e. The lowest BCUT2D eigenvalue weighted by Gasteiger charge is -2.22. The van der Waals surface area contributed by atoms with Crippen LogP contribution >= 0.6 is 23.2 Å². The summed E-state index contributed by atoms with van der Waals surface area (Å²) in [4.78, 5) is 12.2. The fourth-order valence-electron chi connectivity index (χ4n) is 2.32. The van der Waals surface area contributed by atoms with Gasteiger partial charge in [0, 0.05) is 0 Å². The Bertz CT molecular complexity index is 993. The summed E-state index contributed by atoms with van der Waals surface area (Å²) < 4.78 is 30.7. The van der Waals surface area contributed by atoms with Crippen LogP contribution in [0.3, 0.4) is 0 Å². The first-order valence-electron chi connectivity index (χ1n) is 8.58.